The molecule has 0 aliphatic carbocycles. The van der Waals surface area contributed by atoms with Crippen molar-refractivity contribution in [3.05, 3.63) is 155 Å². The number of aromatic nitrogens is 2. The van der Waals surface area contributed by atoms with Gasteiger partial charge in [0.15, 0.2) is 0 Å². The molecule has 2 heterocycles. The van der Waals surface area contributed by atoms with E-state index < -0.39 is 0 Å². The molecule has 0 N–H and O–H groups in total. The lowest BCUT2D eigenvalue weighted by molar-refractivity contribution is 1.18. The number of fused-ring (bicyclic) bond motifs is 6. The summed E-state index contributed by atoms with van der Waals surface area (Å²) in [6, 6.07) is 51.0. The number of hydrogen-bond acceptors (Lipinski definition) is 0. The van der Waals surface area contributed by atoms with Crippen molar-refractivity contribution in [1.29, 1.82) is 0 Å². The van der Waals surface area contributed by atoms with Crippen LogP contribution in [-0.4, -0.2) is 9.13 Å². The van der Waals surface area contributed by atoms with Crippen LogP contribution in [0.15, 0.2) is 155 Å². The first-order valence-electron chi connectivity index (χ1n) is 13.2. The van der Waals surface area contributed by atoms with Crippen LogP contribution in [0.2, 0.25) is 0 Å². The molecule has 8 aromatic rings. The summed E-state index contributed by atoms with van der Waals surface area (Å²) in [6.45, 7) is 0. The molecule has 8 rings (SSSR count). The number of rotatable bonds is 2. The second-order valence-corrected chi connectivity index (χ2v) is 11.5. The van der Waals surface area contributed by atoms with E-state index in [1.807, 2.05) is 6.07 Å². The summed E-state index contributed by atoms with van der Waals surface area (Å²) in [4.78, 5) is 0. The number of benzene rings is 6. The third-order valence-electron chi connectivity index (χ3n) is 7.30. The molecule has 192 valence electrons. The van der Waals surface area contributed by atoms with Gasteiger partial charge in [-0.05, 0) is 72.8 Å². The molecule has 0 amide bonds. The minimum absolute atomic E-state index is 1.10. The Morgan fingerprint density at radius 2 is 0.675 bits per heavy atom. The third-order valence-corrected chi connectivity index (χ3v) is 8.28. The van der Waals surface area contributed by atoms with Gasteiger partial charge in [-0.2, -0.15) is 0 Å². The van der Waals surface area contributed by atoms with Gasteiger partial charge in [-0.25, -0.2) is 0 Å². The minimum atomic E-state index is 1.10. The molecule has 4 heteroatoms. The Kier molecular flexibility index (Phi) is 6.51. The van der Waals surface area contributed by atoms with Crippen LogP contribution in [0.25, 0.3) is 55.0 Å². The quantitative estimate of drug-likeness (QED) is 0.177. The fraction of sp³-hybridized carbons (Fsp3) is 0. The highest BCUT2D eigenvalue weighted by molar-refractivity contribution is 9.10. The summed E-state index contributed by atoms with van der Waals surface area (Å²) in [7, 11) is 0. The van der Waals surface area contributed by atoms with Crippen molar-refractivity contribution in [2.24, 2.45) is 0 Å². The van der Waals surface area contributed by atoms with E-state index in [0.717, 1.165) is 8.95 Å². The Balaban J connectivity index is 0.000000133. The molecule has 0 bridgehead atoms. The summed E-state index contributed by atoms with van der Waals surface area (Å²) in [5, 5.41) is 5.12. The van der Waals surface area contributed by atoms with Gasteiger partial charge in [-0.1, -0.05) is 105 Å². The van der Waals surface area contributed by atoms with Crippen molar-refractivity contribution >= 4 is 75.5 Å². The second kappa shape index (κ2) is 10.5. The fourth-order valence-electron chi connectivity index (χ4n) is 5.60. The molecule has 0 saturated heterocycles. The molecule has 0 atom stereocenters. The minimum Gasteiger partial charge on any atom is -0.309 e. The van der Waals surface area contributed by atoms with Crippen LogP contribution in [0.1, 0.15) is 0 Å². The van der Waals surface area contributed by atoms with Crippen molar-refractivity contribution in [2.75, 3.05) is 0 Å². The molecule has 2 aromatic heterocycles. The molecule has 40 heavy (non-hydrogen) atoms. The summed E-state index contributed by atoms with van der Waals surface area (Å²) in [6.07, 6.45) is 0. The first kappa shape index (κ1) is 24.9. The van der Waals surface area contributed by atoms with Crippen LogP contribution in [0.3, 0.4) is 0 Å². The first-order valence-corrected chi connectivity index (χ1v) is 14.8. The largest absolute Gasteiger partial charge is 0.309 e. The number of para-hydroxylation sites is 4. The van der Waals surface area contributed by atoms with E-state index in [1.54, 1.807) is 0 Å². The zero-order chi connectivity index (χ0) is 27.1. The normalized spacial score (nSPS) is 11.2. The molecule has 6 aromatic carbocycles. The Morgan fingerprint density at radius 1 is 0.325 bits per heavy atom. The molecule has 0 spiro atoms. The zero-order valence-corrected chi connectivity index (χ0v) is 24.7. The Labute approximate surface area is 249 Å². The fourth-order valence-corrected chi connectivity index (χ4v) is 6.32. The van der Waals surface area contributed by atoms with Crippen LogP contribution in [-0.2, 0) is 0 Å². The van der Waals surface area contributed by atoms with Crippen molar-refractivity contribution in [3.8, 4) is 11.4 Å². The predicted molar refractivity (Wildman–Crippen MR) is 177 cm³/mol. The van der Waals surface area contributed by atoms with E-state index >= 15 is 0 Å². The summed E-state index contributed by atoms with van der Waals surface area (Å²) >= 11 is 7.16. The average Bonchev–Trinajstić information content (AvgIpc) is 3.51. The molecule has 0 saturated carbocycles. The second-order valence-electron chi connectivity index (χ2n) is 9.70. The standard InChI is InChI=1S/C18H11Br2N.C18H13N/c19-12-6-8-17-15(10-12)16-11-13(20)7-9-18(16)21(17)14-4-2-1-3-5-14;1-2-8-14(9-3-1)19-17-12-6-4-10-15(17)16-11-5-7-13-18(16)19/h1-11H;1-13H. The average molecular weight is 644 g/mol. The lowest BCUT2D eigenvalue weighted by Crippen LogP contribution is -1.92. The van der Waals surface area contributed by atoms with Crippen molar-refractivity contribution in [3.63, 3.8) is 0 Å². The highest BCUT2D eigenvalue weighted by Crippen LogP contribution is 2.35. The number of nitrogens with zero attached hydrogens (tertiary/aromatic N) is 2. The van der Waals surface area contributed by atoms with Crippen LogP contribution in [0.5, 0.6) is 0 Å². The molecule has 0 aliphatic rings. The maximum Gasteiger partial charge on any atom is 0.0541 e. The van der Waals surface area contributed by atoms with Crippen molar-refractivity contribution in [1.82, 2.24) is 9.13 Å². The molecular weight excluding hydrogens is 620 g/mol. The van der Waals surface area contributed by atoms with E-state index in [4.69, 9.17) is 0 Å². The van der Waals surface area contributed by atoms with E-state index in [2.05, 4.69) is 181 Å². The maximum atomic E-state index is 3.58. The van der Waals surface area contributed by atoms with Crippen LogP contribution < -0.4 is 0 Å². The van der Waals surface area contributed by atoms with E-state index in [9.17, 15) is 0 Å². The van der Waals surface area contributed by atoms with Gasteiger partial charge in [0.2, 0.25) is 0 Å². The third kappa shape index (κ3) is 4.34. The zero-order valence-electron chi connectivity index (χ0n) is 21.5. The highest BCUT2D eigenvalue weighted by Gasteiger charge is 2.13. The van der Waals surface area contributed by atoms with Crippen molar-refractivity contribution in [2.45, 2.75) is 0 Å². The Hall–Kier alpha value is -4.12. The van der Waals surface area contributed by atoms with E-state index in [1.165, 1.54) is 55.0 Å². The SMILES string of the molecule is Brc1ccc2c(c1)c1cc(Br)ccc1n2-c1ccccc1.c1ccc(-n2c3ccccc3c3ccccc32)cc1. The van der Waals surface area contributed by atoms with Gasteiger partial charge >= 0.3 is 0 Å². The number of hydrogen-bond donors (Lipinski definition) is 0. The van der Waals surface area contributed by atoms with Gasteiger partial charge in [0.25, 0.3) is 0 Å². The highest BCUT2D eigenvalue weighted by atomic mass is 79.9. The van der Waals surface area contributed by atoms with Gasteiger partial charge in [0.05, 0.1) is 22.1 Å². The molecule has 0 unspecified atom stereocenters. The van der Waals surface area contributed by atoms with Gasteiger partial charge in [0, 0.05) is 41.9 Å². The maximum absolute atomic E-state index is 3.58. The van der Waals surface area contributed by atoms with Gasteiger partial charge in [-0.15, -0.1) is 0 Å². The Morgan fingerprint density at radius 3 is 1.10 bits per heavy atom. The van der Waals surface area contributed by atoms with Crippen molar-refractivity contribution < 1.29 is 0 Å². The van der Waals surface area contributed by atoms with Crippen LogP contribution >= 0.6 is 31.9 Å². The van der Waals surface area contributed by atoms with Crippen LogP contribution in [0, 0.1) is 0 Å². The molecule has 0 radical (unpaired) electrons. The summed E-state index contributed by atoms with van der Waals surface area (Å²) < 4.78 is 6.83. The molecule has 0 fully saturated rings. The van der Waals surface area contributed by atoms with Gasteiger partial charge in [-0.3, -0.25) is 0 Å². The summed E-state index contributed by atoms with van der Waals surface area (Å²) in [5.74, 6) is 0. The molecule has 0 aliphatic heterocycles. The Bertz CT molecular complexity index is 2010. The lowest BCUT2D eigenvalue weighted by atomic mass is 10.2. The monoisotopic (exact) mass is 642 g/mol. The van der Waals surface area contributed by atoms with Crippen LogP contribution in [0.4, 0.5) is 0 Å². The van der Waals surface area contributed by atoms with Gasteiger partial charge < -0.3 is 9.13 Å². The van der Waals surface area contributed by atoms with E-state index in [0.29, 0.717) is 0 Å². The topological polar surface area (TPSA) is 9.86 Å². The van der Waals surface area contributed by atoms with E-state index in [-0.39, 0.29) is 0 Å². The lowest BCUT2D eigenvalue weighted by Gasteiger charge is -2.07. The first-order chi connectivity index (χ1) is 19.7. The molecular formula is C36H24Br2N2. The smallest absolute Gasteiger partial charge is 0.0541 e. The summed E-state index contributed by atoms with van der Waals surface area (Å²) in [5.41, 5.74) is 7.35. The predicted octanol–water partition coefficient (Wildman–Crippen LogP) is 11.1. The number of halogens is 2. The van der Waals surface area contributed by atoms with Gasteiger partial charge in [0.1, 0.15) is 0 Å². The molecule has 2 nitrogen and oxygen atoms in total.